The molecule has 1 atom stereocenters. The van der Waals surface area contributed by atoms with Crippen LogP contribution in [0.1, 0.15) is 6.92 Å². The van der Waals surface area contributed by atoms with E-state index in [0.29, 0.717) is 5.82 Å². The molecule has 1 N–H and O–H groups in total. The Morgan fingerprint density at radius 2 is 2.15 bits per heavy atom. The number of anilines is 1. The Labute approximate surface area is 119 Å². The molecule has 0 aromatic carbocycles. The van der Waals surface area contributed by atoms with E-state index in [4.69, 9.17) is 0 Å². The minimum atomic E-state index is -3.71. The molecule has 1 unspecified atom stereocenters. The van der Waals surface area contributed by atoms with Crippen LogP contribution in [-0.4, -0.2) is 57.3 Å². The first-order valence-corrected chi connectivity index (χ1v) is 9.38. The van der Waals surface area contributed by atoms with E-state index in [1.54, 1.807) is 14.0 Å². The molecule has 1 fully saturated rings. The summed E-state index contributed by atoms with van der Waals surface area (Å²) < 4.78 is 49.4. The van der Waals surface area contributed by atoms with Crippen molar-refractivity contribution >= 4 is 25.7 Å². The quantitative estimate of drug-likeness (QED) is 0.838. The number of aromatic nitrogens is 1. The third-order valence-electron chi connectivity index (χ3n) is 3.20. The standard InChI is InChI=1S/C11H17N3O4S2/c1-9-8-19(15,16)6-5-14(9)20(17,18)10-3-4-13-11(7-10)12-2/h3-4,7,9H,5-6,8H2,1-2H3,(H,12,13). The van der Waals surface area contributed by atoms with Crippen molar-refractivity contribution in [2.24, 2.45) is 0 Å². The molecule has 1 aliphatic rings. The third kappa shape index (κ3) is 2.94. The third-order valence-corrected chi connectivity index (χ3v) is 7.01. The summed E-state index contributed by atoms with van der Waals surface area (Å²) in [5.41, 5.74) is 0. The molecule has 1 saturated heterocycles. The topological polar surface area (TPSA) is 96.4 Å². The van der Waals surface area contributed by atoms with E-state index < -0.39 is 25.9 Å². The SMILES string of the molecule is CNc1cc(S(=O)(=O)N2CCS(=O)(=O)CC2C)ccn1. The molecule has 0 aliphatic carbocycles. The second kappa shape index (κ2) is 5.30. The molecule has 9 heteroatoms. The largest absolute Gasteiger partial charge is 0.373 e. The van der Waals surface area contributed by atoms with Gasteiger partial charge in [0.1, 0.15) is 5.82 Å². The molecule has 2 heterocycles. The first-order chi connectivity index (χ1) is 9.26. The summed E-state index contributed by atoms with van der Waals surface area (Å²) in [5.74, 6) is 0.167. The Morgan fingerprint density at radius 3 is 2.75 bits per heavy atom. The van der Waals surface area contributed by atoms with Gasteiger partial charge in [-0.15, -0.1) is 0 Å². The molecule has 0 bridgehead atoms. The normalized spacial score (nSPS) is 23.4. The fourth-order valence-corrected chi connectivity index (χ4v) is 5.59. The van der Waals surface area contributed by atoms with E-state index in [2.05, 4.69) is 10.3 Å². The smallest absolute Gasteiger partial charge is 0.243 e. The van der Waals surface area contributed by atoms with Crippen LogP contribution in [0.2, 0.25) is 0 Å². The van der Waals surface area contributed by atoms with Gasteiger partial charge in [0.25, 0.3) is 0 Å². The molecular weight excluding hydrogens is 302 g/mol. The van der Waals surface area contributed by atoms with Crippen molar-refractivity contribution < 1.29 is 16.8 Å². The molecule has 1 aromatic rings. The summed E-state index contributed by atoms with van der Waals surface area (Å²) in [4.78, 5) is 4.08. The number of pyridine rings is 1. The minimum absolute atomic E-state index is 0.0109. The van der Waals surface area contributed by atoms with Gasteiger partial charge >= 0.3 is 0 Å². The lowest BCUT2D eigenvalue weighted by molar-refractivity contribution is 0.357. The maximum Gasteiger partial charge on any atom is 0.243 e. The van der Waals surface area contributed by atoms with Gasteiger partial charge in [-0.25, -0.2) is 21.8 Å². The Morgan fingerprint density at radius 1 is 1.45 bits per heavy atom. The van der Waals surface area contributed by atoms with Gasteiger partial charge in [0, 0.05) is 31.9 Å². The Hall–Kier alpha value is -1.19. The van der Waals surface area contributed by atoms with Gasteiger partial charge < -0.3 is 5.32 Å². The van der Waals surface area contributed by atoms with Gasteiger partial charge in [-0.05, 0) is 13.0 Å². The average Bonchev–Trinajstić information content (AvgIpc) is 2.37. The van der Waals surface area contributed by atoms with Crippen LogP contribution in [-0.2, 0) is 19.9 Å². The van der Waals surface area contributed by atoms with Gasteiger partial charge in [-0.2, -0.15) is 4.31 Å². The van der Waals surface area contributed by atoms with E-state index in [-0.39, 0.29) is 22.9 Å². The monoisotopic (exact) mass is 319 g/mol. The molecule has 1 aromatic heterocycles. The fourth-order valence-electron chi connectivity index (χ4n) is 2.18. The van der Waals surface area contributed by atoms with E-state index in [1.165, 1.54) is 22.6 Å². The molecule has 20 heavy (non-hydrogen) atoms. The molecule has 0 radical (unpaired) electrons. The highest BCUT2D eigenvalue weighted by molar-refractivity contribution is 7.92. The summed E-state index contributed by atoms with van der Waals surface area (Å²) in [6.07, 6.45) is 1.41. The van der Waals surface area contributed by atoms with Crippen LogP contribution in [0.5, 0.6) is 0 Å². The van der Waals surface area contributed by atoms with Crippen LogP contribution in [0.15, 0.2) is 23.2 Å². The van der Waals surface area contributed by atoms with Gasteiger partial charge in [0.05, 0.1) is 16.4 Å². The molecule has 7 nitrogen and oxygen atoms in total. The van der Waals surface area contributed by atoms with E-state index in [9.17, 15) is 16.8 Å². The van der Waals surface area contributed by atoms with Crippen LogP contribution in [0, 0.1) is 0 Å². The van der Waals surface area contributed by atoms with Crippen LogP contribution < -0.4 is 5.32 Å². The average molecular weight is 319 g/mol. The van der Waals surface area contributed by atoms with Crippen LogP contribution in [0.4, 0.5) is 5.82 Å². The Kier molecular flexibility index (Phi) is 4.03. The van der Waals surface area contributed by atoms with Gasteiger partial charge in [-0.3, -0.25) is 0 Å². The molecule has 1 aliphatic heterocycles. The van der Waals surface area contributed by atoms with Crippen LogP contribution >= 0.6 is 0 Å². The predicted octanol–water partition coefficient (Wildman–Crippen LogP) is -0.0691. The molecule has 0 amide bonds. The zero-order chi connectivity index (χ0) is 15.0. The second-order valence-electron chi connectivity index (χ2n) is 4.71. The lowest BCUT2D eigenvalue weighted by atomic mass is 10.4. The molecule has 2 rings (SSSR count). The maximum atomic E-state index is 12.6. The zero-order valence-electron chi connectivity index (χ0n) is 11.3. The summed E-state index contributed by atoms with van der Waals surface area (Å²) in [6.45, 7) is 1.59. The molecule has 0 spiro atoms. The van der Waals surface area contributed by atoms with Crippen molar-refractivity contribution in [2.75, 3.05) is 30.4 Å². The van der Waals surface area contributed by atoms with Crippen molar-refractivity contribution in [3.63, 3.8) is 0 Å². The van der Waals surface area contributed by atoms with Crippen LogP contribution in [0.25, 0.3) is 0 Å². The number of sulfone groups is 1. The van der Waals surface area contributed by atoms with E-state index in [0.717, 1.165) is 0 Å². The lowest BCUT2D eigenvalue weighted by Gasteiger charge is -2.32. The molecular formula is C11H17N3O4S2. The van der Waals surface area contributed by atoms with Crippen molar-refractivity contribution in [1.29, 1.82) is 0 Å². The minimum Gasteiger partial charge on any atom is -0.373 e. The Bertz CT molecular complexity index is 700. The van der Waals surface area contributed by atoms with Crippen molar-refractivity contribution in [3.8, 4) is 0 Å². The number of nitrogens with zero attached hydrogens (tertiary/aromatic N) is 2. The van der Waals surface area contributed by atoms with Crippen molar-refractivity contribution in [3.05, 3.63) is 18.3 Å². The number of nitrogens with one attached hydrogen (secondary N) is 1. The number of rotatable bonds is 3. The van der Waals surface area contributed by atoms with Crippen LogP contribution in [0.3, 0.4) is 0 Å². The zero-order valence-corrected chi connectivity index (χ0v) is 12.9. The highest BCUT2D eigenvalue weighted by Crippen LogP contribution is 2.23. The van der Waals surface area contributed by atoms with Gasteiger partial charge in [-0.1, -0.05) is 0 Å². The number of sulfonamides is 1. The molecule has 112 valence electrons. The highest BCUT2D eigenvalue weighted by Gasteiger charge is 2.36. The summed E-state index contributed by atoms with van der Waals surface area (Å²) >= 11 is 0. The summed E-state index contributed by atoms with van der Waals surface area (Å²) in [5, 5.41) is 2.78. The van der Waals surface area contributed by atoms with Gasteiger partial charge in [0.2, 0.25) is 10.0 Å². The van der Waals surface area contributed by atoms with Crippen molar-refractivity contribution in [1.82, 2.24) is 9.29 Å². The summed E-state index contributed by atoms with van der Waals surface area (Å²) in [7, 11) is -5.21. The van der Waals surface area contributed by atoms with E-state index in [1.807, 2.05) is 0 Å². The number of hydrogen-bond acceptors (Lipinski definition) is 6. The van der Waals surface area contributed by atoms with Crippen molar-refractivity contribution in [2.45, 2.75) is 17.9 Å². The lowest BCUT2D eigenvalue weighted by Crippen LogP contribution is -2.49. The fraction of sp³-hybridized carbons (Fsp3) is 0.545. The predicted molar refractivity (Wildman–Crippen MR) is 75.8 cm³/mol. The Balaban J connectivity index is 2.35. The second-order valence-corrected chi connectivity index (χ2v) is 8.83. The van der Waals surface area contributed by atoms with E-state index >= 15 is 0 Å². The highest BCUT2D eigenvalue weighted by atomic mass is 32.2. The van der Waals surface area contributed by atoms with Gasteiger partial charge in [0.15, 0.2) is 9.84 Å². The summed E-state index contributed by atoms with van der Waals surface area (Å²) in [6, 6.07) is 2.28. The molecule has 0 saturated carbocycles. The first kappa shape index (κ1) is 15.2. The first-order valence-electron chi connectivity index (χ1n) is 6.12. The number of hydrogen-bond donors (Lipinski definition) is 1. The maximum absolute atomic E-state index is 12.6.